The summed E-state index contributed by atoms with van der Waals surface area (Å²) in [5.41, 5.74) is 18.4. The average molecular weight is 728 g/mol. The van der Waals surface area contributed by atoms with Crippen LogP contribution in [0.2, 0.25) is 0 Å². The van der Waals surface area contributed by atoms with Crippen molar-refractivity contribution in [2.45, 2.75) is 24.7 Å². The van der Waals surface area contributed by atoms with E-state index >= 15 is 0 Å². The van der Waals surface area contributed by atoms with Gasteiger partial charge in [-0.25, -0.2) is 0 Å². The van der Waals surface area contributed by atoms with Gasteiger partial charge in [0.2, 0.25) is 0 Å². The van der Waals surface area contributed by atoms with Gasteiger partial charge in [-0.3, -0.25) is 0 Å². The number of hydrogen-bond donors (Lipinski definition) is 0. The Bertz CT molecular complexity index is 2920. The molecule has 0 aliphatic heterocycles. The Morgan fingerprint density at radius 2 is 0.895 bits per heavy atom. The molecule has 0 saturated heterocycles. The van der Waals surface area contributed by atoms with Crippen LogP contribution in [-0.2, 0) is 10.8 Å². The van der Waals surface area contributed by atoms with Crippen molar-refractivity contribution in [1.29, 1.82) is 0 Å². The van der Waals surface area contributed by atoms with Crippen molar-refractivity contribution in [2.75, 3.05) is 4.90 Å². The van der Waals surface area contributed by atoms with E-state index in [-0.39, 0.29) is 5.41 Å². The Labute approximate surface area is 335 Å². The average Bonchev–Trinajstić information content (AvgIpc) is 3.70. The molecule has 11 rings (SSSR count). The SMILES string of the molecule is CC1(C)c2cc(N(c3ccccc3)c3ccc4c(c3)C(c3ccccc3)(c3ccccc3)c3ccccc3-4)ccc2-c2c(-c3ccccc3)cc3ccccc3c21. The third-order valence-electron chi connectivity index (χ3n) is 12.7. The minimum atomic E-state index is -0.483. The Kier molecular flexibility index (Phi) is 7.50. The van der Waals surface area contributed by atoms with Gasteiger partial charge in [0.15, 0.2) is 0 Å². The first kappa shape index (κ1) is 33.4. The van der Waals surface area contributed by atoms with Crippen LogP contribution in [0.1, 0.15) is 47.2 Å². The lowest BCUT2D eigenvalue weighted by molar-refractivity contribution is 0.666. The fourth-order valence-electron chi connectivity index (χ4n) is 10.3. The van der Waals surface area contributed by atoms with E-state index in [0.717, 1.165) is 17.1 Å². The minimum absolute atomic E-state index is 0.233. The number of anilines is 3. The molecule has 0 bridgehead atoms. The highest BCUT2D eigenvalue weighted by Gasteiger charge is 2.46. The molecule has 0 amide bonds. The summed E-state index contributed by atoms with van der Waals surface area (Å²) in [4.78, 5) is 2.46. The molecular formula is C56H41N. The second kappa shape index (κ2) is 12.8. The summed E-state index contributed by atoms with van der Waals surface area (Å²) in [6, 6.07) is 78.6. The van der Waals surface area contributed by atoms with Crippen molar-refractivity contribution in [2.24, 2.45) is 0 Å². The van der Waals surface area contributed by atoms with E-state index in [1.165, 1.54) is 77.5 Å². The molecule has 0 atom stereocenters. The Morgan fingerprint density at radius 1 is 0.368 bits per heavy atom. The Hall–Kier alpha value is -6.96. The normalized spacial score (nSPS) is 14.1. The maximum Gasteiger partial charge on any atom is 0.0714 e. The molecule has 0 N–H and O–H groups in total. The number of benzene rings is 9. The van der Waals surface area contributed by atoms with E-state index in [1.54, 1.807) is 0 Å². The Morgan fingerprint density at radius 3 is 1.58 bits per heavy atom. The molecule has 0 heterocycles. The zero-order valence-corrected chi connectivity index (χ0v) is 32.2. The van der Waals surface area contributed by atoms with Crippen LogP contribution in [-0.4, -0.2) is 0 Å². The van der Waals surface area contributed by atoms with Crippen LogP contribution in [0.3, 0.4) is 0 Å². The molecule has 0 saturated carbocycles. The molecule has 0 aromatic heterocycles. The molecule has 0 spiro atoms. The summed E-state index contributed by atoms with van der Waals surface area (Å²) in [5, 5.41) is 2.60. The largest absolute Gasteiger partial charge is 0.310 e. The maximum atomic E-state index is 2.47. The molecule has 9 aromatic carbocycles. The van der Waals surface area contributed by atoms with Crippen LogP contribution >= 0.6 is 0 Å². The highest BCUT2D eigenvalue weighted by molar-refractivity contribution is 6.05. The van der Waals surface area contributed by atoms with Crippen LogP contribution < -0.4 is 4.90 Å². The van der Waals surface area contributed by atoms with Gasteiger partial charge in [0.1, 0.15) is 0 Å². The zero-order chi connectivity index (χ0) is 38.1. The van der Waals surface area contributed by atoms with Crippen molar-refractivity contribution in [1.82, 2.24) is 0 Å². The first-order valence-electron chi connectivity index (χ1n) is 20.0. The van der Waals surface area contributed by atoms with Crippen LogP contribution in [0.25, 0.3) is 44.2 Å². The molecule has 57 heavy (non-hydrogen) atoms. The molecule has 0 radical (unpaired) electrons. The van der Waals surface area contributed by atoms with Crippen molar-refractivity contribution in [3.05, 3.63) is 246 Å². The summed E-state index contributed by atoms with van der Waals surface area (Å²) in [7, 11) is 0. The summed E-state index contributed by atoms with van der Waals surface area (Å²) in [6.07, 6.45) is 0. The molecule has 270 valence electrons. The fourth-order valence-corrected chi connectivity index (χ4v) is 10.3. The van der Waals surface area contributed by atoms with E-state index in [0.29, 0.717) is 0 Å². The zero-order valence-electron chi connectivity index (χ0n) is 32.2. The van der Waals surface area contributed by atoms with Crippen molar-refractivity contribution in [3.8, 4) is 33.4 Å². The van der Waals surface area contributed by atoms with E-state index < -0.39 is 5.41 Å². The third kappa shape index (κ3) is 4.89. The summed E-state index contributed by atoms with van der Waals surface area (Å²) >= 11 is 0. The van der Waals surface area contributed by atoms with Crippen LogP contribution in [0.4, 0.5) is 17.1 Å². The van der Waals surface area contributed by atoms with Crippen LogP contribution in [0.15, 0.2) is 212 Å². The first-order chi connectivity index (χ1) is 28.0. The smallest absolute Gasteiger partial charge is 0.0714 e. The monoisotopic (exact) mass is 727 g/mol. The predicted octanol–water partition coefficient (Wildman–Crippen LogP) is 14.6. The van der Waals surface area contributed by atoms with E-state index in [4.69, 9.17) is 0 Å². The molecule has 1 heteroatoms. The number of hydrogen-bond acceptors (Lipinski definition) is 1. The van der Waals surface area contributed by atoms with Crippen LogP contribution in [0, 0.1) is 0 Å². The summed E-state index contributed by atoms with van der Waals surface area (Å²) in [5.74, 6) is 0. The van der Waals surface area contributed by atoms with E-state index in [2.05, 4.69) is 231 Å². The number of fused-ring (bicyclic) bond motifs is 8. The van der Waals surface area contributed by atoms with Gasteiger partial charge in [-0.2, -0.15) is 0 Å². The lowest BCUT2D eigenvalue weighted by Gasteiger charge is -2.35. The standard InChI is InChI=1S/C56H41N/c1-55(2)51-36-43(32-34-48(51)53-49(38-19-7-3-8-20-38)35-39-21-15-16-28-45(39)54(53)55)57(42-26-13-6-14-27-42)44-31-33-47-46-29-17-18-30-50(46)56(52(47)37-44,40-22-9-4-10-23-40)41-24-11-5-12-25-41/h3-37H,1-2H3. The lowest BCUT2D eigenvalue weighted by atomic mass is 9.67. The summed E-state index contributed by atoms with van der Waals surface area (Å²) < 4.78 is 0. The van der Waals surface area contributed by atoms with Gasteiger partial charge in [0, 0.05) is 22.5 Å². The van der Waals surface area contributed by atoms with Crippen molar-refractivity contribution in [3.63, 3.8) is 0 Å². The predicted molar refractivity (Wildman–Crippen MR) is 239 cm³/mol. The quantitative estimate of drug-likeness (QED) is 0.165. The number of nitrogens with zero attached hydrogens (tertiary/aromatic N) is 1. The molecule has 1 nitrogen and oxygen atoms in total. The fraction of sp³-hybridized carbons (Fsp3) is 0.0714. The second-order valence-electron chi connectivity index (χ2n) is 16.0. The number of para-hydroxylation sites is 1. The van der Waals surface area contributed by atoms with Gasteiger partial charge in [0.25, 0.3) is 0 Å². The molecule has 9 aromatic rings. The molecular weight excluding hydrogens is 687 g/mol. The lowest BCUT2D eigenvalue weighted by Crippen LogP contribution is -2.28. The van der Waals surface area contributed by atoms with Gasteiger partial charge in [-0.1, -0.05) is 184 Å². The molecule has 2 aliphatic rings. The maximum absolute atomic E-state index is 2.47. The molecule has 0 unspecified atom stereocenters. The van der Waals surface area contributed by atoms with Crippen LogP contribution in [0.5, 0.6) is 0 Å². The molecule has 2 aliphatic carbocycles. The van der Waals surface area contributed by atoms with E-state index in [9.17, 15) is 0 Å². The summed E-state index contributed by atoms with van der Waals surface area (Å²) in [6.45, 7) is 4.83. The van der Waals surface area contributed by atoms with Gasteiger partial charge in [0.05, 0.1) is 5.41 Å². The van der Waals surface area contributed by atoms with Gasteiger partial charge in [-0.15, -0.1) is 0 Å². The third-order valence-corrected chi connectivity index (χ3v) is 12.7. The minimum Gasteiger partial charge on any atom is -0.310 e. The van der Waals surface area contributed by atoms with Crippen molar-refractivity contribution >= 4 is 27.8 Å². The first-order valence-corrected chi connectivity index (χ1v) is 20.0. The van der Waals surface area contributed by atoms with Gasteiger partial charge in [-0.05, 0) is 120 Å². The van der Waals surface area contributed by atoms with E-state index in [1.807, 2.05) is 0 Å². The van der Waals surface area contributed by atoms with Gasteiger partial charge < -0.3 is 4.90 Å². The Balaban J connectivity index is 1.15. The highest BCUT2D eigenvalue weighted by Crippen LogP contribution is 2.59. The van der Waals surface area contributed by atoms with Crippen molar-refractivity contribution < 1.29 is 0 Å². The number of rotatable bonds is 6. The highest BCUT2D eigenvalue weighted by atomic mass is 15.1. The van der Waals surface area contributed by atoms with Gasteiger partial charge >= 0.3 is 0 Å². The molecule has 0 fully saturated rings. The second-order valence-corrected chi connectivity index (χ2v) is 16.0. The topological polar surface area (TPSA) is 3.24 Å².